The van der Waals surface area contributed by atoms with Crippen molar-refractivity contribution in [3.8, 4) is 0 Å². The number of nitrogens with zero attached hydrogens (tertiary/aromatic N) is 2. The molecule has 2 N–H and O–H groups in total. The summed E-state index contributed by atoms with van der Waals surface area (Å²) in [5.74, 6) is 1.44. The van der Waals surface area contributed by atoms with Crippen molar-refractivity contribution in [2.24, 2.45) is 5.92 Å². The van der Waals surface area contributed by atoms with Crippen LogP contribution in [0.4, 0.5) is 0 Å². The smallest absolute Gasteiger partial charge is 0.233 e. The molecule has 1 amide bonds. The Hall–Kier alpha value is -0.780. The van der Waals surface area contributed by atoms with Crippen molar-refractivity contribution in [2.45, 2.75) is 20.4 Å². The Morgan fingerprint density at radius 3 is 2.67 bits per heavy atom. The molecule has 0 saturated heterocycles. The number of aromatic nitrogens is 2. The van der Waals surface area contributed by atoms with Crippen LogP contribution in [0.1, 0.15) is 12.7 Å². The first-order valence-corrected chi connectivity index (χ1v) is 5.52. The summed E-state index contributed by atoms with van der Waals surface area (Å²) in [6, 6.07) is 0. The highest BCUT2D eigenvalue weighted by atomic mass is 35.5. The molecule has 1 unspecified atom stereocenters. The fraction of sp³-hybridized carbons (Fsp3) is 0.636. The van der Waals surface area contributed by atoms with Crippen LogP contribution in [0.3, 0.4) is 0 Å². The van der Waals surface area contributed by atoms with Crippen molar-refractivity contribution in [1.29, 1.82) is 0 Å². The number of hydrogen-bond donors (Lipinski definition) is 2. The van der Waals surface area contributed by atoms with Gasteiger partial charge in [-0.25, -0.2) is 4.98 Å². The third-order valence-electron chi connectivity index (χ3n) is 2.42. The molecule has 1 rings (SSSR count). The van der Waals surface area contributed by atoms with Gasteiger partial charge in [-0.05, 0) is 19.9 Å². The summed E-state index contributed by atoms with van der Waals surface area (Å²) >= 11 is 0. The average Bonchev–Trinajstić information content (AvgIpc) is 2.62. The molecule has 18 heavy (non-hydrogen) atoms. The first-order valence-electron chi connectivity index (χ1n) is 5.52. The van der Waals surface area contributed by atoms with Gasteiger partial charge < -0.3 is 15.2 Å². The second-order valence-electron chi connectivity index (χ2n) is 4.07. The number of likely N-dealkylation sites (N-methyl/N-ethyl adjacent to an activating group) is 1. The van der Waals surface area contributed by atoms with Crippen LogP contribution in [-0.2, 0) is 11.3 Å². The van der Waals surface area contributed by atoms with Gasteiger partial charge >= 0.3 is 0 Å². The lowest BCUT2D eigenvalue weighted by molar-refractivity contribution is -0.120. The molecule has 0 aromatic carbocycles. The van der Waals surface area contributed by atoms with Crippen LogP contribution < -0.4 is 10.6 Å². The number of amides is 1. The first-order chi connectivity index (χ1) is 7.63. The van der Waals surface area contributed by atoms with Crippen LogP contribution in [0.5, 0.6) is 0 Å². The van der Waals surface area contributed by atoms with Crippen LogP contribution in [0.25, 0.3) is 0 Å². The number of aryl methyl sites for hydroxylation is 1. The zero-order valence-electron chi connectivity index (χ0n) is 11.0. The van der Waals surface area contributed by atoms with E-state index in [0.717, 1.165) is 12.4 Å². The summed E-state index contributed by atoms with van der Waals surface area (Å²) in [4.78, 5) is 15.4. The van der Waals surface area contributed by atoms with Crippen LogP contribution >= 0.6 is 24.8 Å². The van der Waals surface area contributed by atoms with Gasteiger partial charge in [-0.3, -0.25) is 4.79 Å². The van der Waals surface area contributed by atoms with Gasteiger partial charge in [0.1, 0.15) is 5.82 Å². The minimum absolute atomic E-state index is 0. The van der Waals surface area contributed by atoms with E-state index in [-0.39, 0.29) is 30.7 Å². The molecule has 0 radical (unpaired) electrons. The molecule has 0 bridgehead atoms. The molecule has 0 aliphatic heterocycles. The van der Waals surface area contributed by atoms with Gasteiger partial charge in [0.15, 0.2) is 0 Å². The van der Waals surface area contributed by atoms with E-state index in [9.17, 15) is 4.79 Å². The zero-order valence-corrected chi connectivity index (χ0v) is 12.6. The molecule has 0 fully saturated rings. The van der Waals surface area contributed by atoms with Crippen molar-refractivity contribution >= 4 is 30.7 Å². The topological polar surface area (TPSA) is 59.0 Å². The number of rotatable bonds is 6. The summed E-state index contributed by atoms with van der Waals surface area (Å²) in [6.45, 7) is 6.03. The fourth-order valence-electron chi connectivity index (χ4n) is 1.51. The SMILES string of the molecule is CNCC(=O)NCC(C)Cn1ccnc1C.Cl.Cl. The summed E-state index contributed by atoms with van der Waals surface area (Å²) in [7, 11) is 1.76. The van der Waals surface area contributed by atoms with Crippen molar-refractivity contribution in [1.82, 2.24) is 20.2 Å². The molecule has 1 atom stereocenters. The predicted octanol–water partition coefficient (Wildman–Crippen LogP) is 1.01. The molecule has 0 aliphatic carbocycles. The molecule has 5 nitrogen and oxygen atoms in total. The maximum atomic E-state index is 11.2. The summed E-state index contributed by atoms with van der Waals surface area (Å²) in [5.41, 5.74) is 0. The average molecular weight is 297 g/mol. The number of imidazole rings is 1. The monoisotopic (exact) mass is 296 g/mol. The van der Waals surface area contributed by atoms with Crippen LogP contribution in [0.15, 0.2) is 12.4 Å². The van der Waals surface area contributed by atoms with Gasteiger partial charge in [-0.1, -0.05) is 6.92 Å². The van der Waals surface area contributed by atoms with E-state index in [0.29, 0.717) is 19.0 Å². The van der Waals surface area contributed by atoms with Crippen molar-refractivity contribution in [3.63, 3.8) is 0 Å². The molecule has 1 aromatic heterocycles. The normalized spacial score (nSPS) is 11.1. The van der Waals surface area contributed by atoms with Gasteiger partial charge in [-0.2, -0.15) is 0 Å². The lowest BCUT2D eigenvalue weighted by atomic mass is 10.2. The Balaban J connectivity index is 0. The number of halogens is 2. The molecule has 106 valence electrons. The van der Waals surface area contributed by atoms with Gasteiger partial charge in [0, 0.05) is 25.5 Å². The maximum Gasteiger partial charge on any atom is 0.233 e. The van der Waals surface area contributed by atoms with Gasteiger partial charge in [-0.15, -0.1) is 24.8 Å². The standard InChI is InChI=1S/C11H20N4O.2ClH/c1-9(6-14-11(16)7-12-3)8-15-5-4-13-10(15)2;;/h4-5,9,12H,6-8H2,1-3H3,(H,14,16);2*1H. The van der Waals surface area contributed by atoms with Crippen LogP contribution in [0.2, 0.25) is 0 Å². The fourth-order valence-corrected chi connectivity index (χ4v) is 1.51. The van der Waals surface area contributed by atoms with Gasteiger partial charge in [0.25, 0.3) is 0 Å². The minimum atomic E-state index is 0. The van der Waals surface area contributed by atoms with Gasteiger partial charge in [0.05, 0.1) is 6.54 Å². The van der Waals surface area contributed by atoms with Crippen molar-refractivity contribution < 1.29 is 4.79 Å². The van der Waals surface area contributed by atoms with Crippen LogP contribution in [0, 0.1) is 12.8 Å². The van der Waals surface area contributed by atoms with E-state index in [2.05, 4.69) is 27.1 Å². The molecule has 1 aromatic rings. The van der Waals surface area contributed by atoms with Crippen molar-refractivity contribution in [2.75, 3.05) is 20.1 Å². The second kappa shape index (κ2) is 10.2. The van der Waals surface area contributed by atoms with Crippen molar-refractivity contribution in [3.05, 3.63) is 18.2 Å². The molecule has 0 saturated carbocycles. The quantitative estimate of drug-likeness (QED) is 0.824. The summed E-state index contributed by atoms with van der Waals surface area (Å²) < 4.78 is 2.09. The minimum Gasteiger partial charge on any atom is -0.355 e. The van der Waals surface area contributed by atoms with E-state index in [4.69, 9.17) is 0 Å². The second-order valence-corrected chi connectivity index (χ2v) is 4.07. The van der Waals surface area contributed by atoms with E-state index in [1.807, 2.05) is 13.1 Å². The highest BCUT2D eigenvalue weighted by Crippen LogP contribution is 2.02. The van der Waals surface area contributed by atoms with E-state index >= 15 is 0 Å². The highest BCUT2D eigenvalue weighted by molar-refractivity contribution is 5.85. The lowest BCUT2D eigenvalue weighted by Gasteiger charge is -2.14. The third kappa shape index (κ3) is 6.83. The maximum absolute atomic E-state index is 11.2. The van der Waals surface area contributed by atoms with Crippen LogP contribution in [-0.4, -0.2) is 35.6 Å². The number of carbonyl (C=O) groups excluding carboxylic acids is 1. The lowest BCUT2D eigenvalue weighted by Crippen LogP contribution is -2.35. The first kappa shape index (κ1) is 19.6. The Morgan fingerprint density at radius 1 is 1.50 bits per heavy atom. The van der Waals surface area contributed by atoms with E-state index in [1.54, 1.807) is 13.2 Å². The molecular formula is C11H22Cl2N4O. The predicted molar refractivity (Wildman–Crippen MR) is 77.6 cm³/mol. The van der Waals surface area contributed by atoms with E-state index < -0.39 is 0 Å². The summed E-state index contributed by atoms with van der Waals surface area (Å²) in [6.07, 6.45) is 3.75. The highest BCUT2D eigenvalue weighted by Gasteiger charge is 2.06. The molecule has 7 heteroatoms. The molecular weight excluding hydrogens is 275 g/mol. The molecule has 0 aliphatic rings. The third-order valence-corrected chi connectivity index (χ3v) is 2.42. The van der Waals surface area contributed by atoms with E-state index in [1.165, 1.54) is 0 Å². The molecule has 1 heterocycles. The largest absolute Gasteiger partial charge is 0.355 e. The zero-order chi connectivity index (χ0) is 12.0. The Bertz CT molecular complexity index is 344. The number of nitrogens with one attached hydrogen (secondary N) is 2. The number of carbonyl (C=O) groups is 1. The molecule has 0 spiro atoms. The Labute approximate surface area is 121 Å². The summed E-state index contributed by atoms with van der Waals surface area (Å²) in [5, 5.41) is 5.70. The Kier molecular flexibility index (Phi) is 11.1. The van der Waals surface area contributed by atoms with Gasteiger partial charge in [0.2, 0.25) is 5.91 Å². The Morgan fingerprint density at radius 2 is 2.17 bits per heavy atom. The number of hydrogen-bond acceptors (Lipinski definition) is 3.